The van der Waals surface area contributed by atoms with Crippen molar-refractivity contribution in [3.63, 3.8) is 0 Å². The van der Waals surface area contributed by atoms with Crippen LogP contribution in [-0.2, 0) is 0 Å². The minimum atomic E-state index is -0.534. The Labute approximate surface area is 113 Å². The van der Waals surface area contributed by atoms with Crippen LogP contribution in [0.2, 0.25) is 0 Å². The number of hydrogen-bond acceptors (Lipinski definition) is 3. The van der Waals surface area contributed by atoms with Crippen molar-refractivity contribution >= 4 is 16.9 Å². The number of aliphatic hydroxyl groups is 1. The Balaban J connectivity index is 2.45. The van der Waals surface area contributed by atoms with Gasteiger partial charge in [-0.25, -0.2) is 0 Å². The van der Waals surface area contributed by atoms with Crippen molar-refractivity contribution in [2.45, 2.75) is 13.0 Å². The maximum absolute atomic E-state index is 10.0. The smallest absolute Gasteiger partial charge is 0.156 e. The molecule has 1 aromatic carbocycles. The molecule has 1 aromatic rings. The highest BCUT2D eigenvalue weighted by Gasteiger charge is 2.10. The van der Waals surface area contributed by atoms with Crippen molar-refractivity contribution < 1.29 is 5.11 Å². The number of thioether (sulfide) groups is 1. The molecule has 0 saturated heterocycles. The summed E-state index contributed by atoms with van der Waals surface area (Å²) in [4.78, 5) is 1.79. The lowest BCUT2D eigenvalue weighted by molar-refractivity contribution is 0.204. The van der Waals surface area contributed by atoms with E-state index < -0.39 is 6.10 Å². The standard InChI is InChI=1S/C14H20N2OS/c1-4-9-16(3)14(15)18-10-13(17)12-7-5-11(2)6-8-12/h4-8,13,15,17H,1,9-10H2,2-3H3. The summed E-state index contributed by atoms with van der Waals surface area (Å²) in [6.45, 7) is 6.30. The molecule has 98 valence electrons. The van der Waals surface area contributed by atoms with Gasteiger partial charge in [0.2, 0.25) is 0 Å². The zero-order valence-corrected chi connectivity index (χ0v) is 11.7. The van der Waals surface area contributed by atoms with E-state index >= 15 is 0 Å². The van der Waals surface area contributed by atoms with E-state index in [1.807, 2.05) is 38.2 Å². The summed E-state index contributed by atoms with van der Waals surface area (Å²) in [5, 5.41) is 18.3. The van der Waals surface area contributed by atoms with E-state index in [2.05, 4.69) is 6.58 Å². The van der Waals surface area contributed by atoms with Crippen molar-refractivity contribution in [1.82, 2.24) is 4.90 Å². The Hall–Kier alpha value is -1.26. The third kappa shape index (κ3) is 4.55. The number of rotatable bonds is 5. The predicted octanol–water partition coefficient (Wildman–Crippen LogP) is 2.81. The zero-order valence-electron chi connectivity index (χ0n) is 10.9. The van der Waals surface area contributed by atoms with Gasteiger partial charge in [-0.2, -0.15) is 0 Å². The molecule has 3 nitrogen and oxygen atoms in total. The van der Waals surface area contributed by atoms with Crippen LogP contribution in [0.15, 0.2) is 36.9 Å². The highest BCUT2D eigenvalue weighted by molar-refractivity contribution is 8.13. The highest BCUT2D eigenvalue weighted by Crippen LogP contribution is 2.19. The number of aliphatic hydroxyl groups excluding tert-OH is 1. The van der Waals surface area contributed by atoms with E-state index in [1.165, 1.54) is 17.3 Å². The van der Waals surface area contributed by atoms with Crippen LogP contribution in [0.1, 0.15) is 17.2 Å². The van der Waals surface area contributed by atoms with E-state index in [0.29, 0.717) is 17.5 Å². The number of nitrogens with zero attached hydrogens (tertiary/aromatic N) is 1. The largest absolute Gasteiger partial charge is 0.388 e. The number of benzene rings is 1. The number of amidine groups is 1. The number of hydrogen-bond donors (Lipinski definition) is 2. The van der Waals surface area contributed by atoms with Crippen molar-refractivity contribution in [3.05, 3.63) is 48.0 Å². The van der Waals surface area contributed by atoms with Crippen molar-refractivity contribution in [3.8, 4) is 0 Å². The average molecular weight is 264 g/mol. The lowest BCUT2D eigenvalue weighted by atomic mass is 10.1. The first-order chi connectivity index (χ1) is 8.54. The molecular formula is C14H20N2OS. The molecule has 0 heterocycles. The molecule has 0 radical (unpaired) electrons. The fourth-order valence-corrected chi connectivity index (χ4v) is 2.23. The van der Waals surface area contributed by atoms with Gasteiger partial charge in [0.1, 0.15) is 0 Å². The molecule has 18 heavy (non-hydrogen) atoms. The lowest BCUT2D eigenvalue weighted by Gasteiger charge is -2.18. The molecule has 1 atom stereocenters. The van der Waals surface area contributed by atoms with Gasteiger partial charge in [0.25, 0.3) is 0 Å². The van der Waals surface area contributed by atoms with E-state index in [9.17, 15) is 5.11 Å². The van der Waals surface area contributed by atoms with Gasteiger partial charge in [0, 0.05) is 19.3 Å². The molecule has 0 aromatic heterocycles. The monoisotopic (exact) mass is 264 g/mol. The van der Waals surface area contributed by atoms with Gasteiger partial charge in [-0.15, -0.1) is 6.58 Å². The predicted molar refractivity (Wildman–Crippen MR) is 79.2 cm³/mol. The van der Waals surface area contributed by atoms with Crippen molar-refractivity contribution in [1.29, 1.82) is 5.41 Å². The number of likely N-dealkylation sites (N-methyl/N-ethyl adjacent to an activating group) is 1. The van der Waals surface area contributed by atoms with Gasteiger partial charge in [-0.05, 0) is 12.5 Å². The Kier molecular flexibility index (Phi) is 5.95. The van der Waals surface area contributed by atoms with Crippen molar-refractivity contribution in [2.75, 3.05) is 19.3 Å². The number of aryl methyl sites for hydroxylation is 1. The van der Waals surface area contributed by atoms with E-state index in [1.54, 1.807) is 11.0 Å². The van der Waals surface area contributed by atoms with Crippen LogP contribution in [0.3, 0.4) is 0 Å². The summed E-state index contributed by atoms with van der Waals surface area (Å²) in [6, 6.07) is 7.83. The molecule has 0 aliphatic carbocycles. The minimum Gasteiger partial charge on any atom is -0.388 e. The van der Waals surface area contributed by atoms with E-state index in [0.717, 1.165) is 5.56 Å². The maximum atomic E-state index is 10.0. The van der Waals surface area contributed by atoms with Crippen LogP contribution in [0, 0.1) is 12.3 Å². The van der Waals surface area contributed by atoms with Crippen LogP contribution < -0.4 is 0 Å². The molecule has 0 aliphatic rings. The van der Waals surface area contributed by atoms with Crippen LogP contribution >= 0.6 is 11.8 Å². The first-order valence-electron chi connectivity index (χ1n) is 5.82. The molecule has 0 bridgehead atoms. The minimum absolute atomic E-state index is 0.445. The molecule has 2 N–H and O–H groups in total. The zero-order chi connectivity index (χ0) is 13.5. The Bertz CT molecular complexity index is 403. The summed E-state index contributed by atoms with van der Waals surface area (Å²) in [6.07, 6.45) is 1.22. The van der Waals surface area contributed by atoms with Crippen LogP contribution in [0.5, 0.6) is 0 Å². The fourth-order valence-electron chi connectivity index (χ4n) is 1.43. The topological polar surface area (TPSA) is 47.3 Å². The van der Waals surface area contributed by atoms with E-state index in [-0.39, 0.29) is 0 Å². The fraction of sp³-hybridized carbons (Fsp3) is 0.357. The molecule has 1 rings (SSSR count). The second-order valence-corrected chi connectivity index (χ2v) is 5.22. The summed E-state index contributed by atoms with van der Waals surface area (Å²) < 4.78 is 0. The summed E-state index contributed by atoms with van der Waals surface area (Å²) in [7, 11) is 1.84. The molecule has 0 spiro atoms. The van der Waals surface area contributed by atoms with Crippen LogP contribution in [-0.4, -0.2) is 34.5 Å². The summed E-state index contributed by atoms with van der Waals surface area (Å²) >= 11 is 1.34. The van der Waals surface area contributed by atoms with Crippen molar-refractivity contribution in [2.24, 2.45) is 0 Å². The summed E-state index contributed by atoms with van der Waals surface area (Å²) in [5.41, 5.74) is 2.07. The Morgan fingerprint density at radius 2 is 2.11 bits per heavy atom. The molecule has 0 fully saturated rings. The van der Waals surface area contributed by atoms with Gasteiger partial charge < -0.3 is 10.0 Å². The van der Waals surface area contributed by atoms with Crippen LogP contribution in [0.4, 0.5) is 0 Å². The third-order valence-electron chi connectivity index (χ3n) is 2.59. The Morgan fingerprint density at radius 3 is 2.67 bits per heavy atom. The number of nitrogens with one attached hydrogen (secondary N) is 1. The molecule has 0 aliphatic heterocycles. The van der Waals surface area contributed by atoms with Gasteiger partial charge in [0.05, 0.1) is 6.10 Å². The molecule has 1 unspecified atom stereocenters. The first-order valence-corrected chi connectivity index (χ1v) is 6.81. The Morgan fingerprint density at radius 1 is 1.50 bits per heavy atom. The quantitative estimate of drug-likeness (QED) is 0.488. The molecular weight excluding hydrogens is 244 g/mol. The van der Waals surface area contributed by atoms with Crippen LogP contribution in [0.25, 0.3) is 0 Å². The van der Waals surface area contributed by atoms with Gasteiger partial charge in [-0.3, -0.25) is 5.41 Å². The average Bonchev–Trinajstić information content (AvgIpc) is 2.36. The van der Waals surface area contributed by atoms with Gasteiger partial charge >= 0.3 is 0 Å². The second kappa shape index (κ2) is 7.24. The first kappa shape index (κ1) is 14.8. The maximum Gasteiger partial charge on any atom is 0.156 e. The SMILES string of the molecule is C=CCN(C)C(=N)SCC(O)c1ccc(C)cc1. The normalized spacial score (nSPS) is 11.9. The highest BCUT2D eigenvalue weighted by atomic mass is 32.2. The summed E-state index contributed by atoms with van der Waals surface area (Å²) in [5.74, 6) is 0.489. The van der Waals surface area contributed by atoms with Gasteiger partial charge in [0.15, 0.2) is 5.17 Å². The molecule has 0 saturated carbocycles. The lowest BCUT2D eigenvalue weighted by Crippen LogP contribution is -2.24. The molecule has 4 heteroatoms. The second-order valence-electron chi connectivity index (χ2n) is 4.21. The van der Waals surface area contributed by atoms with Gasteiger partial charge in [-0.1, -0.05) is 47.7 Å². The van der Waals surface area contributed by atoms with E-state index in [4.69, 9.17) is 5.41 Å². The third-order valence-corrected chi connectivity index (χ3v) is 3.66. The molecule has 0 amide bonds.